The summed E-state index contributed by atoms with van der Waals surface area (Å²) in [6.07, 6.45) is 1.46. The highest BCUT2D eigenvalue weighted by atomic mass is 16.4. The third-order valence-corrected chi connectivity index (χ3v) is 3.33. The molecule has 0 saturated carbocycles. The van der Waals surface area contributed by atoms with E-state index in [2.05, 4.69) is 15.6 Å². The van der Waals surface area contributed by atoms with Gasteiger partial charge in [-0.15, -0.1) is 0 Å². The number of hydrogen-bond acceptors (Lipinski definition) is 6. The number of hydrogen-bond donors (Lipinski definition) is 3. The fourth-order valence-corrected chi connectivity index (χ4v) is 2.18. The van der Waals surface area contributed by atoms with E-state index in [0.717, 1.165) is 0 Å². The van der Waals surface area contributed by atoms with Crippen molar-refractivity contribution in [3.05, 3.63) is 64.6 Å². The lowest BCUT2D eigenvalue weighted by Crippen LogP contribution is -2.20. The van der Waals surface area contributed by atoms with E-state index in [0.29, 0.717) is 29.0 Å². The fourth-order valence-electron chi connectivity index (χ4n) is 2.18. The topological polar surface area (TPSA) is 104 Å². The van der Waals surface area contributed by atoms with Gasteiger partial charge in [0.2, 0.25) is 0 Å². The second-order valence-corrected chi connectivity index (χ2v) is 5.02. The van der Waals surface area contributed by atoms with Gasteiger partial charge in [0.05, 0.1) is 18.5 Å². The molecule has 3 N–H and O–H groups in total. The summed E-state index contributed by atoms with van der Waals surface area (Å²) in [4.78, 5) is 28.3. The van der Waals surface area contributed by atoms with Crippen LogP contribution in [0.1, 0.15) is 10.4 Å². The summed E-state index contributed by atoms with van der Waals surface area (Å²) in [7, 11) is 0. The number of carbonyl (C=O) groups is 1. The molecule has 0 fully saturated rings. The molecule has 3 aromatic rings. The van der Waals surface area contributed by atoms with Crippen molar-refractivity contribution in [2.45, 2.75) is 0 Å². The van der Waals surface area contributed by atoms with Crippen LogP contribution in [0, 0.1) is 0 Å². The van der Waals surface area contributed by atoms with Crippen molar-refractivity contribution in [1.29, 1.82) is 0 Å². The van der Waals surface area contributed by atoms with Crippen LogP contribution in [0.3, 0.4) is 0 Å². The Balaban J connectivity index is 1.79. The van der Waals surface area contributed by atoms with Crippen LogP contribution < -0.4 is 16.3 Å². The highest BCUT2D eigenvalue weighted by molar-refractivity contribution is 6.05. The first kappa shape index (κ1) is 15.7. The van der Waals surface area contributed by atoms with Crippen LogP contribution in [0.4, 0.5) is 11.5 Å². The van der Waals surface area contributed by atoms with Crippen molar-refractivity contribution < 1.29 is 14.3 Å². The Morgan fingerprint density at radius 2 is 2.04 bits per heavy atom. The Kier molecular flexibility index (Phi) is 4.53. The predicted molar refractivity (Wildman–Crippen MR) is 90.2 cm³/mol. The van der Waals surface area contributed by atoms with Crippen molar-refractivity contribution in [3.63, 3.8) is 0 Å². The van der Waals surface area contributed by atoms with Crippen LogP contribution in [-0.2, 0) is 0 Å². The van der Waals surface area contributed by atoms with E-state index >= 15 is 0 Å². The first-order valence-electron chi connectivity index (χ1n) is 7.32. The van der Waals surface area contributed by atoms with Gasteiger partial charge in [0.25, 0.3) is 5.91 Å². The maximum Gasteiger partial charge on any atom is 0.349 e. The number of rotatable bonds is 5. The Bertz CT molecular complexity index is 919. The van der Waals surface area contributed by atoms with Crippen molar-refractivity contribution in [3.8, 4) is 0 Å². The molecule has 0 bridgehead atoms. The minimum absolute atomic E-state index is 0.00208. The molecule has 7 heteroatoms. The third-order valence-electron chi connectivity index (χ3n) is 3.33. The number of nitrogens with zero attached hydrogens (tertiary/aromatic N) is 1. The van der Waals surface area contributed by atoms with Gasteiger partial charge in [-0.05, 0) is 24.3 Å². The van der Waals surface area contributed by atoms with Crippen LogP contribution in [-0.4, -0.2) is 29.1 Å². The van der Waals surface area contributed by atoms with Gasteiger partial charge in [-0.25, -0.2) is 9.78 Å². The Hall–Kier alpha value is -3.19. The van der Waals surface area contributed by atoms with E-state index in [4.69, 9.17) is 9.52 Å². The Labute approximate surface area is 137 Å². The molecule has 0 radical (unpaired) electrons. The van der Waals surface area contributed by atoms with Gasteiger partial charge >= 0.3 is 5.63 Å². The Morgan fingerprint density at radius 1 is 1.21 bits per heavy atom. The molecule has 0 saturated heterocycles. The highest BCUT2D eigenvalue weighted by Crippen LogP contribution is 2.14. The van der Waals surface area contributed by atoms with Crippen LogP contribution in [0.5, 0.6) is 0 Å². The maximum atomic E-state index is 12.3. The molecule has 1 aromatic carbocycles. The molecule has 3 rings (SSSR count). The average Bonchev–Trinajstić information content (AvgIpc) is 2.60. The van der Waals surface area contributed by atoms with Crippen LogP contribution in [0.25, 0.3) is 11.0 Å². The zero-order valence-electron chi connectivity index (χ0n) is 12.7. The monoisotopic (exact) mass is 325 g/mol. The lowest BCUT2D eigenvalue weighted by molar-refractivity contribution is 0.102. The maximum absolute atomic E-state index is 12.3. The summed E-state index contributed by atoms with van der Waals surface area (Å²) >= 11 is 0. The number of amides is 1. The average molecular weight is 325 g/mol. The molecule has 122 valence electrons. The summed E-state index contributed by atoms with van der Waals surface area (Å²) in [5.74, 6) is 0.0136. The van der Waals surface area contributed by atoms with E-state index in [9.17, 15) is 9.59 Å². The van der Waals surface area contributed by atoms with Gasteiger partial charge in [0.1, 0.15) is 17.0 Å². The quantitative estimate of drug-likeness (QED) is 0.618. The second kappa shape index (κ2) is 6.93. The normalized spacial score (nSPS) is 10.5. The number of aliphatic hydroxyl groups is 1. The fraction of sp³-hybridized carbons (Fsp3) is 0.118. The number of pyridine rings is 1. The van der Waals surface area contributed by atoms with Crippen molar-refractivity contribution >= 4 is 28.4 Å². The zero-order chi connectivity index (χ0) is 16.9. The van der Waals surface area contributed by atoms with Crippen LogP contribution in [0.2, 0.25) is 0 Å². The molecule has 0 aliphatic heterocycles. The molecule has 1 amide bonds. The number of fused-ring (bicyclic) bond motifs is 1. The van der Waals surface area contributed by atoms with Gasteiger partial charge < -0.3 is 20.2 Å². The smallest absolute Gasteiger partial charge is 0.349 e. The largest absolute Gasteiger partial charge is 0.422 e. The summed E-state index contributed by atoms with van der Waals surface area (Å²) in [6, 6.07) is 11.8. The molecule has 24 heavy (non-hydrogen) atoms. The standard InChI is InChI=1S/C17H15N3O4/c21-8-7-18-15-6-5-12(10-19-15)20-16(22)13-9-11-3-1-2-4-14(11)24-17(13)23/h1-6,9-10,21H,7-8H2,(H,18,19)(H,20,22). The van der Waals surface area contributed by atoms with E-state index in [1.54, 1.807) is 36.4 Å². The first-order chi connectivity index (χ1) is 11.7. The number of nitrogens with one attached hydrogen (secondary N) is 2. The van der Waals surface area contributed by atoms with E-state index in [1.165, 1.54) is 12.3 Å². The Morgan fingerprint density at radius 3 is 2.79 bits per heavy atom. The van der Waals surface area contributed by atoms with Gasteiger partial charge in [-0.3, -0.25) is 4.79 Å². The van der Waals surface area contributed by atoms with E-state index in [-0.39, 0.29) is 12.2 Å². The first-order valence-corrected chi connectivity index (χ1v) is 7.32. The van der Waals surface area contributed by atoms with Crippen LogP contribution in [0.15, 0.2) is 57.9 Å². The van der Waals surface area contributed by atoms with Crippen molar-refractivity contribution in [2.75, 3.05) is 23.8 Å². The van der Waals surface area contributed by atoms with Gasteiger partial charge in [-0.2, -0.15) is 0 Å². The lowest BCUT2D eigenvalue weighted by Gasteiger charge is -2.07. The third kappa shape index (κ3) is 3.41. The molecule has 0 aliphatic rings. The minimum atomic E-state index is -0.694. The number of para-hydroxylation sites is 1. The zero-order valence-corrected chi connectivity index (χ0v) is 12.7. The molecule has 0 unspecified atom stereocenters. The van der Waals surface area contributed by atoms with Gasteiger partial charge in [0.15, 0.2) is 0 Å². The molecule has 2 aromatic heterocycles. The molecular weight excluding hydrogens is 310 g/mol. The van der Waals surface area contributed by atoms with Crippen molar-refractivity contribution in [1.82, 2.24) is 4.98 Å². The summed E-state index contributed by atoms with van der Waals surface area (Å²) in [6.45, 7) is 0.384. The van der Waals surface area contributed by atoms with Gasteiger partial charge in [0, 0.05) is 11.9 Å². The number of aliphatic hydroxyl groups excluding tert-OH is 1. The molecule has 0 spiro atoms. The summed E-state index contributed by atoms with van der Waals surface area (Å²) in [5.41, 5.74) is 0.110. The SMILES string of the molecule is O=C(Nc1ccc(NCCO)nc1)c1cc2ccccc2oc1=O. The number of aromatic nitrogens is 1. The molecule has 0 atom stereocenters. The molecule has 2 heterocycles. The number of carbonyl (C=O) groups excluding carboxylic acids is 1. The summed E-state index contributed by atoms with van der Waals surface area (Å²) in [5, 5.41) is 14.9. The summed E-state index contributed by atoms with van der Waals surface area (Å²) < 4.78 is 5.15. The number of benzene rings is 1. The predicted octanol–water partition coefficient (Wildman–Crippen LogP) is 1.84. The lowest BCUT2D eigenvalue weighted by atomic mass is 10.2. The molecular formula is C17H15N3O4. The highest BCUT2D eigenvalue weighted by Gasteiger charge is 2.14. The molecule has 0 aliphatic carbocycles. The van der Waals surface area contributed by atoms with E-state index < -0.39 is 11.5 Å². The number of anilines is 2. The second-order valence-electron chi connectivity index (χ2n) is 5.02. The minimum Gasteiger partial charge on any atom is -0.422 e. The molecule has 7 nitrogen and oxygen atoms in total. The van der Waals surface area contributed by atoms with Crippen molar-refractivity contribution in [2.24, 2.45) is 0 Å². The van der Waals surface area contributed by atoms with E-state index in [1.807, 2.05) is 0 Å². The van der Waals surface area contributed by atoms with Gasteiger partial charge in [-0.1, -0.05) is 18.2 Å². The van der Waals surface area contributed by atoms with Crippen LogP contribution >= 0.6 is 0 Å².